The molecule has 0 radical (unpaired) electrons. The third-order valence-corrected chi connectivity index (χ3v) is 5.40. The number of tetrazole rings is 1. The van der Waals surface area contributed by atoms with E-state index < -0.39 is 0 Å². The van der Waals surface area contributed by atoms with Crippen molar-refractivity contribution in [2.24, 2.45) is 0 Å². The van der Waals surface area contributed by atoms with E-state index in [-0.39, 0.29) is 5.25 Å². The van der Waals surface area contributed by atoms with Gasteiger partial charge in [-0.1, -0.05) is 36.0 Å². The van der Waals surface area contributed by atoms with Crippen LogP contribution in [0, 0.1) is 0 Å². The van der Waals surface area contributed by atoms with Crippen LogP contribution in [-0.4, -0.2) is 30.4 Å². The van der Waals surface area contributed by atoms with Crippen LogP contribution in [0.1, 0.15) is 22.9 Å². The second kappa shape index (κ2) is 7.16. The molecule has 4 rings (SSSR count). The highest BCUT2D eigenvalue weighted by atomic mass is 32.2. The van der Waals surface area contributed by atoms with Crippen LogP contribution in [0.3, 0.4) is 0 Å². The van der Waals surface area contributed by atoms with E-state index in [1.54, 1.807) is 16.0 Å². The van der Waals surface area contributed by atoms with Crippen molar-refractivity contribution in [3.05, 3.63) is 58.6 Å². The first-order chi connectivity index (χ1) is 12.3. The lowest BCUT2D eigenvalue weighted by molar-refractivity contribution is 0.508. The summed E-state index contributed by atoms with van der Waals surface area (Å²) in [6, 6.07) is 13.8. The van der Waals surface area contributed by atoms with E-state index in [1.807, 2.05) is 48.7 Å². The van der Waals surface area contributed by atoms with Crippen molar-refractivity contribution in [1.29, 1.82) is 0 Å². The molecule has 0 fully saturated rings. The largest absolute Gasteiger partial charge is 0.419 e. The number of aromatic nitrogens is 6. The predicted octanol–water partition coefficient (Wildman–Crippen LogP) is 3.69. The van der Waals surface area contributed by atoms with E-state index in [9.17, 15) is 0 Å². The molecule has 0 unspecified atom stereocenters. The molecule has 1 aromatic carbocycles. The fourth-order valence-corrected chi connectivity index (χ4v) is 3.74. The molecule has 126 valence electrons. The van der Waals surface area contributed by atoms with E-state index >= 15 is 0 Å². The maximum absolute atomic E-state index is 5.81. The molecule has 0 spiro atoms. The number of rotatable bonds is 6. The van der Waals surface area contributed by atoms with Gasteiger partial charge in [-0.3, -0.25) is 0 Å². The van der Waals surface area contributed by atoms with Crippen LogP contribution in [0.4, 0.5) is 0 Å². The van der Waals surface area contributed by atoms with Crippen molar-refractivity contribution in [3.63, 3.8) is 0 Å². The second-order valence-electron chi connectivity index (χ2n) is 5.27. The molecule has 0 N–H and O–H groups in total. The predicted molar refractivity (Wildman–Crippen MR) is 95.2 cm³/mol. The van der Waals surface area contributed by atoms with Gasteiger partial charge in [0.15, 0.2) is 0 Å². The molecule has 0 bridgehead atoms. The topological polar surface area (TPSA) is 82.5 Å². The Kier molecular flexibility index (Phi) is 4.57. The average Bonchev–Trinajstić information content (AvgIpc) is 3.38. The Balaban J connectivity index is 1.49. The SMILES string of the molecule is C[C@H](Sc1nnnn1Cc1cccs1)c1nnc(-c2ccccc2)o1. The van der Waals surface area contributed by atoms with Crippen LogP contribution in [0.2, 0.25) is 0 Å². The molecule has 3 heterocycles. The summed E-state index contributed by atoms with van der Waals surface area (Å²) in [7, 11) is 0. The minimum atomic E-state index is -0.0574. The molecule has 0 amide bonds. The molecule has 0 saturated heterocycles. The molecule has 1 atom stereocenters. The first kappa shape index (κ1) is 16.0. The van der Waals surface area contributed by atoms with E-state index in [0.29, 0.717) is 18.3 Å². The van der Waals surface area contributed by atoms with Crippen molar-refractivity contribution >= 4 is 23.1 Å². The van der Waals surface area contributed by atoms with Gasteiger partial charge in [0.05, 0.1) is 11.8 Å². The van der Waals surface area contributed by atoms with Crippen molar-refractivity contribution < 1.29 is 4.42 Å². The number of thiophene rings is 1. The Bertz CT molecular complexity index is 935. The van der Waals surface area contributed by atoms with Crippen LogP contribution in [-0.2, 0) is 6.54 Å². The summed E-state index contributed by atoms with van der Waals surface area (Å²) in [5, 5.41) is 23.0. The molecular weight excluding hydrogens is 356 g/mol. The zero-order chi connectivity index (χ0) is 17.1. The number of thioether (sulfide) groups is 1. The number of hydrogen-bond acceptors (Lipinski definition) is 8. The zero-order valence-electron chi connectivity index (χ0n) is 13.3. The van der Waals surface area contributed by atoms with Crippen molar-refractivity contribution in [2.45, 2.75) is 23.9 Å². The summed E-state index contributed by atoms with van der Waals surface area (Å²) in [6.07, 6.45) is 0. The van der Waals surface area contributed by atoms with Crippen LogP contribution in [0.25, 0.3) is 11.5 Å². The molecule has 0 saturated carbocycles. The zero-order valence-corrected chi connectivity index (χ0v) is 14.9. The fourth-order valence-electron chi connectivity index (χ4n) is 2.24. The Morgan fingerprint density at radius 1 is 1.12 bits per heavy atom. The molecule has 9 heteroatoms. The lowest BCUT2D eigenvalue weighted by Gasteiger charge is -2.06. The first-order valence-electron chi connectivity index (χ1n) is 7.63. The van der Waals surface area contributed by atoms with Gasteiger partial charge in [-0.15, -0.1) is 26.6 Å². The van der Waals surface area contributed by atoms with Crippen LogP contribution < -0.4 is 0 Å². The number of nitrogens with zero attached hydrogens (tertiary/aromatic N) is 6. The monoisotopic (exact) mass is 370 g/mol. The van der Waals surface area contributed by atoms with Gasteiger partial charge in [-0.05, 0) is 40.9 Å². The second-order valence-corrected chi connectivity index (χ2v) is 7.61. The van der Waals surface area contributed by atoms with Gasteiger partial charge >= 0.3 is 0 Å². The van der Waals surface area contributed by atoms with E-state index in [4.69, 9.17) is 4.42 Å². The van der Waals surface area contributed by atoms with E-state index in [1.165, 1.54) is 16.6 Å². The van der Waals surface area contributed by atoms with Gasteiger partial charge in [0.1, 0.15) is 0 Å². The summed E-state index contributed by atoms with van der Waals surface area (Å²) in [5.74, 6) is 1.07. The number of benzene rings is 1. The Labute approximate surface area is 152 Å². The Morgan fingerprint density at radius 2 is 2.00 bits per heavy atom. The minimum absolute atomic E-state index is 0.0574. The fraction of sp³-hybridized carbons (Fsp3) is 0.188. The summed E-state index contributed by atoms with van der Waals surface area (Å²) in [6.45, 7) is 2.65. The van der Waals surface area contributed by atoms with Gasteiger partial charge in [0.2, 0.25) is 16.9 Å². The highest BCUT2D eigenvalue weighted by molar-refractivity contribution is 7.99. The van der Waals surface area contributed by atoms with Gasteiger partial charge in [0.25, 0.3) is 0 Å². The van der Waals surface area contributed by atoms with Crippen LogP contribution >= 0.6 is 23.1 Å². The lowest BCUT2D eigenvalue weighted by atomic mass is 10.2. The van der Waals surface area contributed by atoms with Crippen LogP contribution in [0.15, 0.2) is 57.4 Å². The molecule has 0 aliphatic rings. The molecule has 0 aliphatic heterocycles. The highest BCUT2D eigenvalue weighted by Gasteiger charge is 2.19. The van der Waals surface area contributed by atoms with Crippen LogP contribution in [0.5, 0.6) is 0 Å². The third kappa shape index (κ3) is 3.62. The van der Waals surface area contributed by atoms with Gasteiger partial charge in [0, 0.05) is 10.4 Å². The number of hydrogen-bond donors (Lipinski definition) is 0. The lowest BCUT2D eigenvalue weighted by Crippen LogP contribution is -2.03. The molecule has 4 aromatic rings. The quantitative estimate of drug-likeness (QED) is 0.479. The third-order valence-electron chi connectivity index (χ3n) is 3.48. The molecule has 7 nitrogen and oxygen atoms in total. The summed E-state index contributed by atoms with van der Waals surface area (Å²) < 4.78 is 7.59. The molecule has 0 aliphatic carbocycles. The standard InChI is InChI=1S/C16H14N6OS2/c1-11(14-17-18-15(23-14)12-6-3-2-4-7-12)25-16-19-20-21-22(16)10-13-8-5-9-24-13/h2-9,11H,10H2,1H3/t11-/m0/s1. The molecule has 3 aromatic heterocycles. The molecule has 25 heavy (non-hydrogen) atoms. The maximum Gasteiger partial charge on any atom is 0.247 e. The highest BCUT2D eigenvalue weighted by Crippen LogP contribution is 2.33. The van der Waals surface area contributed by atoms with Crippen molar-refractivity contribution in [3.8, 4) is 11.5 Å². The first-order valence-corrected chi connectivity index (χ1v) is 9.39. The smallest absolute Gasteiger partial charge is 0.247 e. The van der Waals surface area contributed by atoms with Crippen molar-refractivity contribution in [2.75, 3.05) is 0 Å². The Hall–Kier alpha value is -2.52. The summed E-state index contributed by atoms with van der Waals surface area (Å²) in [5.41, 5.74) is 0.904. The summed E-state index contributed by atoms with van der Waals surface area (Å²) in [4.78, 5) is 1.20. The van der Waals surface area contributed by atoms with Gasteiger partial charge < -0.3 is 4.42 Å². The average molecular weight is 370 g/mol. The minimum Gasteiger partial charge on any atom is -0.419 e. The van der Waals surface area contributed by atoms with Gasteiger partial charge in [-0.25, -0.2) is 4.68 Å². The maximum atomic E-state index is 5.81. The molecular formula is C16H14N6OS2. The van der Waals surface area contributed by atoms with E-state index in [2.05, 4.69) is 31.8 Å². The Morgan fingerprint density at radius 3 is 2.80 bits per heavy atom. The summed E-state index contributed by atoms with van der Waals surface area (Å²) >= 11 is 3.18. The normalized spacial score (nSPS) is 12.4. The van der Waals surface area contributed by atoms with E-state index in [0.717, 1.165) is 10.7 Å². The van der Waals surface area contributed by atoms with Gasteiger partial charge in [-0.2, -0.15) is 0 Å². The van der Waals surface area contributed by atoms with Crippen molar-refractivity contribution in [1.82, 2.24) is 30.4 Å².